The van der Waals surface area contributed by atoms with Gasteiger partial charge >= 0.3 is 0 Å². The summed E-state index contributed by atoms with van der Waals surface area (Å²) in [5, 5.41) is 11.8. The van der Waals surface area contributed by atoms with Crippen molar-refractivity contribution in [2.45, 2.75) is 13.5 Å². The summed E-state index contributed by atoms with van der Waals surface area (Å²) < 4.78 is 3.41. The molecule has 2 heterocycles. The summed E-state index contributed by atoms with van der Waals surface area (Å²) in [6, 6.07) is 9.36. The Hall–Kier alpha value is -2.60. The third-order valence-electron chi connectivity index (χ3n) is 3.48. The summed E-state index contributed by atoms with van der Waals surface area (Å²) >= 11 is 5.86. The number of nitrogens with one attached hydrogen (secondary N) is 1. The second-order valence-corrected chi connectivity index (χ2v) is 5.74. The molecule has 0 radical (unpaired) electrons. The van der Waals surface area contributed by atoms with E-state index in [2.05, 4.69) is 15.5 Å². The molecule has 3 aromatic rings. The monoisotopic (exact) mass is 329 g/mol. The van der Waals surface area contributed by atoms with Gasteiger partial charge in [0.05, 0.1) is 17.8 Å². The minimum Gasteiger partial charge on any atom is -0.321 e. The van der Waals surface area contributed by atoms with E-state index < -0.39 is 0 Å². The Bertz CT molecular complexity index is 832. The zero-order valence-electron chi connectivity index (χ0n) is 12.8. The molecule has 118 valence electrons. The average Bonchev–Trinajstić information content (AvgIpc) is 3.06. The van der Waals surface area contributed by atoms with Gasteiger partial charge < -0.3 is 5.32 Å². The van der Waals surface area contributed by atoms with Crippen LogP contribution < -0.4 is 5.32 Å². The molecule has 1 aromatic carbocycles. The molecule has 7 heteroatoms. The van der Waals surface area contributed by atoms with E-state index in [0.717, 1.165) is 11.3 Å². The van der Waals surface area contributed by atoms with Crippen molar-refractivity contribution < 1.29 is 4.79 Å². The Balaban J connectivity index is 1.73. The maximum Gasteiger partial charge on any atom is 0.276 e. The first kappa shape index (κ1) is 15.3. The number of aromatic nitrogens is 4. The molecule has 0 spiro atoms. The van der Waals surface area contributed by atoms with Gasteiger partial charge in [-0.1, -0.05) is 23.7 Å². The van der Waals surface area contributed by atoms with E-state index in [-0.39, 0.29) is 5.91 Å². The van der Waals surface area contributed by atoms with Crippen molar-refractivity contribution in [2.24, 2.45) is 7.05 Å². The summed E-state index contributed by atoms with van der Waals surface area (Å²) in [7, 11) is 1.81. The Labute approximate surface area is 138 Å². The van der Waals surface area contributed by atoms with Crippen molar-refractivity contribution in [3.05, 3.63) is 64.7 Å². The van der Waals surface area contributed by atoms with E-state index in [0.29, 0.717) is 22.9 Å². The van der Waals surface area contributed by atoms with Crippen LogP contribution in [-0.4, -0.2) is 25.5 Å². The number of hydrogen-bond acceptors (Lipinski definition) is 3. The van der Waals surface area contributed by atoms with E-state index in [1.165, 1.54) is 0 Å². The van der Waals surface area contributed by atoms with Crippen LogP contribution >= 0.6 is 11.6 Å². The highest BCUT2D eigenvalue weighted by Gasteiger charge is 2.11. The zero-order valence-corrected chi connectivity index (χ0v) is 13.6. The number of carbonyl (C=O) groups is 1. The van der Waals surface area contributed by atoms with Crippen LogP contribution in [0.15, 0.2) is 42.7 Å². The number of carbonyl (C=O) groups excluding carboxylic acids is 1. The SMILES string of the molecule is Cc1cc(C(=O)Nc2cccc(Cn3cc(Cl)cn3)c2)nn1C. The van der Waals surface area contributed by atoms with Crippen LogP contribution in [0.4, 0.5) is 5.69 Å². The van der Waals surface area contributed by atoms with Crippen LogP contribution in [0.5, 0.6) is 0 Å². The minimum atomic E-state index is -0.229. The predicted molar refractivity (Wildman–Crippen MR) is 88.7 cm³/mol. The Morgan fingerprint density at radius 3 is 2.83 bits per heavy atom. The second kappa shape index (κ2) is 6.26. The zero-order chi connectivity index (χ0) is 16.4. The Kier molecular flexibility index (Phi) is 4.16. The average molecular weight is 330 g/mol. The molecular weight excluding hydrogens is 314 g/mol. The molecular formula is C16H16ClN5O. The van der Waals surface area contributed by atoms with Crippen LogP contribution in [-0.2, 0) is 13.6 Å². The van der Waals surface area contributed by atoms with Crippen molar-refractivity contribution in [3.63, 3.8) is 0 Å². The maximum atomic E-state index is 12.2. The lowest BCUT2D eigenvalue weighted by atomic mass is 10.2. The summed E-state index contributed by atoms with van der Waals surface area (Å²) in [6.45, 7) is 2.48. The van der Waals surface area contributed by atoms with Gasteiger partial charge in [-0.25, -0.2) is 0 Å². The van der Waals surface area contributed by atoms with Crippen molar-refractivity contribution in [1.82, 2.24) is 19.6 Å². The van der Waals surface area contributed by atoms with Gasteiger partial charge in [0.2, 0.25) is 0 Å². The van der Waals surface area contributed by atoms with E-state index in [4.69, 9.17) is 11.6 Å². The van der Waals surface area contributed by atoms with Crippen LogP contribution in [0.2, 0.25) is 5.02 Å². The van der Waals surface area contributed by atoms with E-state index in [9.17, 15) is 4.79 Å². The molecule has 0 saturated heterocycles. The molecule has 2 aromatic heterocycles. The van der Waals surface area contributed by atoms with Gasteiger partial charge in [0.25, 0.3) is 5.91 Å². The van der Waals surface area contributed by atoms with Crippen molar-refractivity contribution in [3.8, 4) is 0 Å². The standard InChI is InChI=1S/C16H16ClN5O/c1-11-6-15(20-21(11)2)16(23)19-14-5-3-4-12(7-14)9-22-10-13(17)8-18-22/h3-8,10H,9H2,1-2H3,(H,19,23). The molecule has 1 amide bonds. The lowest BCUT2D eigenvalue weighted by Gasteiger charge is -2.06. The summed E-state index contributed by atoms with van der Waals surface area (Å²) in [4.78, 5) is 12.2. The number of hydrogen-bond donors (Lipinski definition) is 1. The number of benzene rings is 1. The normalized spacial score (nSPS) is 10.7. The highest BCUT2D eigenvalue weighted by Crippen LogP contribution is 2.14. The molecule has 1 N–H and O–H groups in total. The molecule has 0 saturated carbocycles. The molecule has 0 fully saturated rings. The number of nitrogens with zero attached hydrogens (tertiary/aromatic N) is 4. The number of anilines is 1. The quantitative estimate of drug-likeness (QED) is 0.800. The van der Waals surface area contributed by atoms with Crippen LogP contribution in [0, 0.1) is 6.92 Å². The molecule has 0 aliphatic carbocycles. The van der Waals surface area contributed by atoms with Crippen LogP contribution in [0.3, 0.4) is 0 Å². The molecule has 0 unspecified atom stereocenters. The fourth-order valence-corrected chi connectivity index (χ4v) is 2.38. The fraction of sp³-hybridized carbons (Fsp3) is 0.188. The highest BCUT2D eigenvalue weighted by atomic mass is 35.5. The van der Waals surface area contributed by atoms with Gasteiger partial charge in [0.1, 0.15) is 0 Å². The van der Waals surface area contributed by atoms with Gasteiger partial charge in [0.15, 0.2) is 5.69 Å². The molecule has 23 heavy (non-hydrogen) atoms. The number of rotatable bonds is 4. The van der Waals surface area contributed by atoms with Crippen LogP contribution in [0.1, 0.15) is 21.7 Å². The molecule has 0 atom stereocenters. The largest absolute Gasteiger partial charge is 0.321 e. The second-order valence-electron chi connectivity index (χ2n) is 5.31. The van der Waals surface area contributed by atoms with Crippen molar-refractivity contribution >= 4 is 23.2 Å². The number of halogens is 1. The van der Waals surface area contributed by atoms with E-state index in [1.807, 2.05) is 38.2 Å². The topological polar surface area (TPSA) is 64.7 Å². The summed E-state index contributed by atoms with van der Waals surface area (Å²) in [5.41, 5.74) is 3.06. The predicted octanol–water partition coefficient (Wildman–Crippen LogP) is 2.88. The fourth-order valence-electron chi connectivity index (χ4n) is 2.23. The van der Waals surface area contributed by atoms with Gasteiger partial charge in [-0.3, -0.25) is 14.2 Å². The van der Waals surface area contributed by atoms with Crippen molar-refractivity contribution in [1.29, 1.82) is 0 Å². The third-order valence-corrected chi connectivity index (χ3v) is 3.67. The Morgan fingerprint density at radius 1 is 1.35 bits per heavy atom. The smallest absolute Gasteiger partial charge is 0.276 e. The van der Waals surface area contributed by atoms with Gasteiger partial charge in [0, 0.05) is 24.6 Å². The Morgan fingerprint density at radius 2 is 2.17 bits per heavy atom. The van der Waals surface area contributed by atoms with Crippen molar-refractivity contribution in [2.75, 3.05) is 5.32 Å². The first-order valence-electron chi connectivity index (χ1n) is 7.10. The van der Waals surface area contributed by atoms with Gasteiger partial charge in [-0.2, -0.15) is 10.2 Å². The summed E-state index contributed by atoms with van der Waals surface area (Å²) in [5.74, 6) is -0.229. The number of amides is 1. The third kappa shape index (κ3) is 3.60. The number of aryl methyl sites for hydroxylation is 2. The molecule has 0 bridgehead atoms. The maximum absolute atomic E-state index is 12.2. The van der Waals surface area contributed by atoms with Crippen LogP contribution in [0.25, 0.3) is 0 Å². The molecule has 0 aliphatic heterocycles. The first-order valence-corrected chi connectivity index (χ1v) is 7.48. The van der Waals surface area contributed by atoms with Gasteiger partial charge in [-0.15, -0.1) is 0 Å². The minimum absolute atomic E-state index is 0.229. The molecule has 6 nitrogen and oxygen atoms in total. The lowest BCUT2D eigenvalue weighted by molar-refractivity contribution is 0.102. The molecule has 3 rings (SSSR count). The van der Waals surface area contributed by atoms with Gasteiger partial charge in [-0.05, 0) is 30.7 Å². The van der Waals surface area contributed by atoms with E-state index >= 15 is 0 Å². The molecule has 0 aliphatic rings. The lowest BCUT2D eigenvalue weighted by Crippen LogP contribution is -2.13. The highest BCUT2D eigenvalue weighted by molar-refractivity contribution is 6.30. The first-order chi connectivity index (χ1) is 11.0. The summed E-state index contributed by atoms with van der Waals surface area (Å²) in [6.07, 6.45) is 3.35. The van der Waals surface area contributed by atoms with E-state index in [1.54, 1.807) is 27.8 Å².